The lowest BCUT2D eigenvalue weighted by Crippen LogP contribution is -2.45. The van der Waals surface area contributed by atoms with Crippen molar-refractivity contribution in [1.82, 2.24) is 5.32 Å². The van der Waals surface area contributed by atoms with Crippen molar-refractivity contribution < 1.29 is 15.0 Å². The third-order valence-corrected chi connectivity index (χ3v) is 4.04. The molecule has 4 heteroatoms. The molecule has 1 amide bonds. The molecule has 0 aliphatic rings. The van der Waals surface area contributed by atoms with Gasteiger partial charge in [-0.1, -0.05) is 70.4 Å². The number of hydrogen-bond acceptors (Lipinski definition) is 3. The molecule has 142 valence electrons. The minimum absolute atomic E-state index is 0.305. The molecule has 24 heavy (non-hydrogen) atoms. The van der Waals surface area contributed by atoms with Crippen molar-refractivity contribution in [1.29, 1.82) is 0 Å². The minimum atomic E-state index is -2.10. The topological polar surface area (TPSA) is 69.6 Å². The summed E-state index contributed by atoms with van der Waals surface area (Å²) in [6.07, 6.45) is 20.9. The van der Waals surface area contributed by atoms with E-state index in [0.717, 1.165) is 32.6 Å². The molecule has 0 fully saturated rings. The Morgan fingerprint density at radius 2 is 1.29 bits per heavy atom. The number of aliphatic hydroxyl groups is 2. The van der Waals surface area contributed by atoms with Crippen molar-refractivity contribution in [2.75, 3.05) is 0 Å². The van der Waals surface area contributed by atoms with Crippen LogP contribution in [0.4, 0.5) is 0 Å². The van der Waals surface area contributed by atoms with E-state index in [1.807, 2.05) is 0 Å². The van der Waals surface area contributed by atoms with Crippen molar-refractivity contribution >= 4 is 5.91 Å². The highest BCUT2D eigenvalue weighted by Crippen LogP contribution is 2.10. The summed E-state index contributed by atoms with van der Waals surface area (Å²) in [4.78, 5) is 11.4. The van der Waals surface area contributed by atoms with E-state index in [1.54, 1.807) is 0 Å². The number of unbranched alkanes of at least 4 members (excludes halogenated alkanes) is 11. The first-order valence-corrected chi connectivity index (χ1v) is 9.86. The molecule has 0 aromatic heterocycles. The number of amides is 1. The van der Waals surface area contributed by atoms with E-state index >= 15 is 0 Å². The maximum absolute atomic E-state index is 11.4. The maximum Gasteiger partial charge on any atom is 0.243 e. The van der Waals surface area contributed by atoms with Gasteiger partial charge < -0.3 is 15.5 Å². The lowest BCUT2D eigenvalue weighted by molar-refractivity contribution is -0.177. The zero-order chi connectivity index (χ0) is 18.1. The first kappa shape index (κ1) is 23.1. The highest BCUT2D eigenvalue weighted by atomic mass is 16.5. The van der Waals surface area contributed by atoms with Crippen molar-refractivity contribution in [3.8, 4) is 0 Å². The molecule has 0 bridgehead atoms. The lowest BCUT2D eigenvalue weighted by Gasteiger charge is -2.17. The van der Waals surface area contributed by atoms with Crippen LogP contribution in [0.2, 0.25) is 0 Å². The largest absolute Gasteiger partial charge is 0.349 e. The second kappa shape index (κ2) is 15.6. The van der Waals surface area contributed by atoms with Crippen LogP contribution in [-0.2, 0) is 4.79 Å². The molecule has 0 aliphatic carbocycles. The Morgan fingerprint density at radius 1 is 0.833 bits per heavy atom. The summed E-state index contributed by atoms with van der Waals surface area (Å²) in [6, 6.07) is 0. The van der Waals surface area contributed by atoms with Gasteiger partial charge in [-0.3, -0.25) is 4.79 Å². The molecule has 0 rings (SSSR count). The average molecular weight is 342 g/mol. The van der Waals surface area contributed by atoms with Crippen LogP contribution in [0.15, 0.2) is 12.2 Å². The first-order chi connectivity index (χ1) is 11.5. The Labute approximate surface area is 148 Å². The van der Waals surface area contributed by atoms with Gasteiger partial charge in [-0.05, 0) is 32.1 Å². The maximum atomic E-state index is 11.4. The van der Waals surface area contributed by atoms with Crippen molar-refractivity contribution in [3.05, 3.63) is 12.2 Å². The van der Waals surface area contributed by atoms with Crippen molar-refractivity contribution in [2.45, 2.75) is 110 Å². The Hall–Kier alpha value is -0.870. The zero-order valence-corrected chi connectivity index (χ0v) is 15.9. The van der Waals surface area contributed by atoms with Crippen LogP contribution in [0.3, 0.4) is 0 Å². The Balaban J connectivity index is 3.25. The summed E-state index contributed by atoms with van der Waals surface area (Å²) in [6.45, 7) is 3.40. The molecular weight excluding hydrogens is 302 g/mol. The third kappa shape index (κ3) is 19.2. The standard InChI is InChI=1S/C20H39NO3/c1-3-4-5-6-7-8-9-10-11-12-13-14-15-16-17-18-19(22)21-20(2,23)24/h10-11,23-24H,3-9,12-18H2,1-2H3,(H,21,22)/b11-10-. The molecule has 0 radical (unpaired) electrons. The predicted molar refractivity (Wildman–Crippen MR) is 100 cm³/mol. The van der Waals surface area contributed by atoms with Gasteiger partial charge >= 0.3 is 0 Å². The van der Waals surface area contributed by atoms with Gasteiger partial charge in [-0.2, -0.15) is 0 Å². The molecule has 0 aromatic rings. The predicted octanol–water partition coefficient (Wildman–Crippen LogP) is 4.80. The molecule has 0 heterocycles. The smallest absolute Gasteiger partial charge is 0.243 e. The molecule has 3 N–H and O–H groups in total. The van der Waals surface area contributed by atoms with Crippen LogP contribution in [0, 0.1) is 0 Å². The number of carbonyl (C=O) groups excluding carboxylic acids is 1. The fourth-order valence-corrected chi connectivity index (χ4v) is 2.68. The summed E-state index contributed by atoms with van der Waals surface area (Å²) in [5, 5.41) is 20.2. The van der Waals surface area contributed by atoms with E-state index in [1.165, 1.54) is 57.8 Å². The highest BCUT2D eigenvalue weighted by molar-refractivity contribution is 5.76. The van der Waals surface area contributed by atoms with Crippen LogP contribution >= 0.6 is 0 Å². The van der Waals surface area contributed by atoms with Crippen molar-refractivity contribution in [2.24, 2.45) is 0 Å². The summed E-state index contributed by atoms with van der Waals surface area (Å²) >= 11 is 0. The van der Waals surface area contributed by atoms with E-state index < -0.39 is 5.91 Å². The number of carbonyl (C=O) groups is 1. The summed E-state index contributed by atoms with van der Waals surface area (Å²) in [5.74, 6) is -2.40. The quantitative estimate of drug-likeness (QED) is 0.215. The number of hydrogen-bond donors (Lipinski definition) is 3. The van der Waals surface area contributed by atoms with Crippen LogP contribution < -0.4 is 5.32 Å². The average Bonchev–Trinajstić information content (AvgIpc) is 2.49. The van der Waals surface area contributed by atoms with E-state index in [2.05, 4.69) is 24.4 Å². The van der Waals surface area contributed by atoms with Gasteiger partial charge in [0.25, 0.3) is 0 Å². The van der Waals surface area contributed by atoms with Gasteiger partial charge in [0.15, 0.2) is 0 Å². The number of nitrogens with one attached hydrogen (secondary N) is 1. The molecule has 0 atom stereocenters. The summed E-state index contributed by atoms with van der Waals surface area (Å²) in [7, 11) is 0. The normalized spacial score (nSPS) is 12.0. The number of allylic oxidation sites excluding steroid dienone is 2. The van der Waals surface area contributed by atoms with Gasteiger partial charge in [0.1, 0.15) is 0 Å². The SMILES string of the molecule is CCCCCCCC/C=C\CCCCCCCC(=O)NC(C)(O)O. The van der Waals surface area contributed by atoms with E-state index in [4.69, 9.17) is 10.2 Å². The Morgan fingerprint density at radius 3 is 1.79 bits per heavy atom. The molecule has 0 saturated heterocycles. The molecule has 0 aromatic carbocycles. The molecule has 0 saturated carbocycles. The monoisotopic (exact) mass is 341 g/mol. The third-order valence-electron chi connectivity index (χ3n) is 4.04. The van der Waals surface area contributed by atoms with Gasteiger partial charge in [-0.25, -0.2) is 0 Å². The van der Waals surface area contributed by atoms with Crippen molar-refractivity contribution in [3.63, 3.8) is 0 Å². The van der Waals surface area contributed by atoms with Crippen LogP contribution in [0.25, 0.3) is 0 Å². The molecule has 0 spiro atoms. The molecular formula is C20H39NO3. The van der Waals surface area contributed by atoms with Crippen LogP contribution in [0.5, 0.6) is 0 Å². The van der Waals surface area contributed by atoms with Crippen LogP contribution in [0.1, 0.15) is 104 Å². The molecule has 0 unspecified atom stereocenters. The second-order valence-corrected chi connectivity index (χ2v) is 6.90. The molecule has 4 nitrogen and oxygen atoms in total. The first-order valence-electron chi connectivity index (χ1n) is 9.86. The van der Waals surface area contributed by atoms with Gasteiger partial charge in [0, 0.05) is 13.3 Å². The van der Waals surface area contributed by atoms with E-state index in [-0.39, 0.29) is 5.91 Å². The highest BCUT2D eigenvalue weighted by Gasteiger charge is 2.17. The summed E-state index contributed by atoms with van der Waals surface area (Å²) in [5.41, 5.74) is 0. The second-order valence-electron chi connectivity index (χ2n) is 6.90. The number of rotatable bonds is 16. The Kier molecular flexibility index (Phi) is 15.1. The fraction of sp³-hybridized carbons (Fsp3) is 0.850. The van der Waals surface area contributed by atoms with E-state index in [0.29, 0.717) is 6.42 Å². The summed E-state index contributed by atoms with van der Waals surface area (Å²) < 4.78 is 0. The zero-order valence-electron chi connectivity index (χ0n) is 15.9. The molecule has 0 aliphatic heterocycles. The lowest BCUT2D eigenvalue weighted by atomic mass is 10.1. The van der Waals surface area contributed by atoms with Crippen LogP contribution in [-0.4, -0.2) is 22.0 Å². The fourth-order valence-electron chi connectivity index (χ4n) is 2.68. The van der Waals surface area contributed by atoms with Gasteiger partial charge in [-0.15, -0.1) is 0 Å². The van der Waals surface area contributed by atoms with E-state index in [9.17, 15) is 4.79 Å². The Bertz CT molecular complexity index is 321. The van der Waals surface area contributed by atoms with Gasteiger partial charge in [0.05, 0.1) is 0 Å². The van der Waals surface area contributed by atoms with Gasteiger partial charge in [0.2, 0.25) is 11.8 Å². The minimum Gasteiger partial charge on any atom is -0.349 e.